The van der Waals surface area contributed by atoms with Crippen molar-refractivity contribution in [2.24, 2.45) is 0 Å². The first-order chi connectivity index (χ1) is 8.71. The van der Waals surface area contributed by atoms with Crippen molar-refractivity contribution < 1.29 is 9.13 Å². The predicted octanol–water partition coefficient (Wildman–Crippen LogP) is 2.83. The lowest BCUT2D eigenvalue weighted by atomic mass is 9.74. The molecule has 1 fully saturated rings. The van der Waals surface area contributed by atoms with Crippen molar-refractivity contribution in [1.82, 2.24) is 10.3 Å². The monoisotopic (exact) mass is 252 g/mol. The van der Waals surface area contributed by atoms with Crippen LogP contribution < -0.4 is 5.32 Å². The van der Waals surface area contributed by atoms with Gasteiger partial charge in [0, 0.05) is 24.9 Å². The second-order valence-electron chi connectivity index (χ2n) is 4.95. The van der Waals surface area contributed by atoms with Crippen molar-refractivity contribution in [1.29, 1.82) is 0 Å². The molecule has 1 aliphatic rings. The second kappa shape index (κ2) is 5.76. The van der Waals surface area contributed by atoms with Crippen molar-refractivity contribution in [3.63, 3.8) is 0 Å². The number of hydrogen-bond donors (Lipinski definition) is 1. The molecule has 3 nitrogen and oxygen atoms in total. The fourth-order valence-corrected chi connectivity index (χ4v) is 2.64. The molecule has 1 aromatic rings. The van der Waals surface area contributed by atoms with Crippen LogP contribution in [-0.4, -0.2) is 24.2 Å². The maximum absolute atomic E-state index is 13.8. The van der Waals surface area contributed by atoms with Crippen LogP contribution in [0, 0.1) is 5.82 Å². The Labute approximate surface area is 108 Å². The summed E-state index contributed by atoms with van der Waals surface area (Å²) >= 11 is 0. The zero-order chi connectivity index (χ0) is 13.0. The van der Waals surface area contributed by atoms with E-state index >= 15 is 0 Å². The maximum Gasteiger partial charge on any atom is 0.146 e. The van der Waals surface area contributed by atoms with Gasteiger partial charge in [-0.1, -0.05) is 6.92 Å². The second-order valence-corrected chi connectivity index (χ2v) is 4.95. The predicted molar refractivity (Wildman–Crippen MR) is 68.8 cm³/mol. The van der Waals surface area contributed by atoms with E-state index in [-0.39, 0.29) is 17.5 Å². The summed E-state index contributed by atoms with van der Waals surface area (Å²) in [6.45, 7) is 2.85. The molecule has 0 aromatic carbocycles. The SMILES string of the molecule is CCNC(CC1(OC)CCC1)c1ccncc1F. The molecule has 1 heterocycles. The lowest BCUT2D eigenvalue weighted by Crippen LogP contribution is -2.43. The number of hydrogen-bond acceptors (Lipinski definition) is 3. The van der Waals surface area contributed by atoms with Crippen LogP contribution in [0.2, 0.25) is 0 Å². The summed E-state index contributed by atoms with van der Waals surface area (Å²) in [6.07, 6.45) is 7.07. The standard InChI is InChI=1S/C14H21FN2O/c1-3-17-13(9-14(18-2)6-4-7-14)11-5-8-16-10-12(11)15/h5,8,10,13,17H,3-4,6-7,9H2,1-2H3. The molecule has 18 heavy (non-hydrogen) atoms. The van der Waals surface area contributed by atoms with Crippen LogP contribution in [0.15, 0.2) is 18.5 Å². The smallest absolute Gasteiger partial charge is 0.146 e. The van der Waals surface area contributed by atoms with Crippen LogP contribution in [-0.2, 0) is 4.74 Å². The van der Waals surface area contributed by atoms with Crippen molar-refractivity contribution in [3.05, 3.63) is 29.8 Å². The Morgan fingerprint density at radius 3 is 2.83 bits per heavy atom. The van der Waals surface area contributed by atoms with Crippen LogP contribution in [0.3, 0.4) is 0 Å². The Bertz CT molecular complexity index is 388. The van der Waals surface area contributed by atoms with Gasteiger partial charge in [-0.25, -0.2) is 4.39 Å². The van der Waals surface area contributed by atoms with E-state index in [2.05, 4.69) is 10.3 Å². The first-order valence-electron chi connectivity index (χ1n) is 6.59. The summed E-state index contributed by atoms with van der Waals surface area (Å²) in [4.78, 5) is 3.80. The van der Waals surface area contributed by atoms with Crippen LogP contribution in [0.1, 0.15) is 44.2 Å². The van der Waals surface area contributed by atoms with E-state index in [0.29, 0.717) is 5.56 Å². The number of methoxy groups -OCH3 is 1. The molecule has 100 valence electrons. The van der Waals surface area contributed by atoms with Gasteiger partial charge in [0.05, 0.1) is 11.8 Å². The molecule has 1 unspecified atom stereocenters. The lowest BCUT2D eigenvalue weighted by molar-refractivity contribution is -0.0839. The Hall–Kier alpha value is -1.00. The van der Waals surface area contributed by atoms with Gasteiger partial charge in [0.1, 0.15) is 5.82 Å². The molecule has 0 bridgehead atoms. The minimum absolute atomic E-state index is 0.00162. The maximum atomic E-state index is 13.8. The number of aromatic nitrogens is 1. The Kier molecular flexibility index (Phi) is 4.30. The minimum Gasteiger partial charge on any atom is -0.378 e. The Morgan fingerprint density at radius 1 is 1.56 bits per heavy atom. The average Bonchev–Trinajstić information content (AvgIpc) is 2.33. The van der Waals surface area contributed by atoms with E-state index in [4.69, 9.17) is 4.74 Å². The van der Waals surface area contributed by atoms with Crippen molar-refractivity contribution in [3.8, 4) is 0 Å². The van der Waals surface area contributed by atoms with Crippen molar-refractivity contribution in [2.75, 3.05) is 13.7 Å². The third-order valence-corrected chi connectivity index (χ3v) is 3.90. The van der Waals surface area contributed by atoms with E-state index in [9.17, 15) is 4.39 Å². The highest BCUT2D eigenvalue weighted by atomic mass is 19.1. The summed E-state index contributed by atoms with van der Waals surface area (Å²) in [5, 5.41) is 3.35. The molecule has 1 aromatic heterocycles. The van der Waals surface area contributed by atoms with Gasteiger partial charge >= 0.3 is 0 Å². The highest BCUT2D eigenvalue weighted by Gasteiger charge is 2.39. The molecule has 1 aliphatic carbocycles. The lowest BCUT2D eigenvalue weighted by Gasteiger charge is -2.43. The fraction of sp³-hybridized carbons (Fsp3) is 0.643. The van der Waals surface area contributed by atoms with Gasteiger partial charge in [-0.15, -0.1) is 0 Å². The molecule has 0 saturated heterocycles. The van der Waals surface area contributed by atoms with Crippen LogP contribution >= 0.6 is 0 Å². The van der Waals surface area contributed by atoms with Gasteiger partial charge in [0.25, 0.3) is 0 Å². The van der Waals surface area contributed by atoms with E-state index in [0.717, 1.165) is 25.8 Å². The highest BCUT2D eigenvalue weighted by Crippen LogP contribution is 2.42. The molecule has 0 spiro atoms. The number of nitrogens with one attached hydrogen (secondary N) is 1. The summed E-state index contributed by atoms with van der Waals surface area (Å²) < 4.78 is 19.5. The normalized spacial score (nSPS) is 19.3. The Balaban J connectivity index is 2.15. The molecular formula is C14H21FN2O. The van der Waals surface area contributed by atoms with Crippen LogP contribution in [0.25, 0.3) is 0 Å². The zero-order valence-corrected chi connectivity index (χ0v) is 11.1. The summed E-state index contributed by atoms with van der Waals surface area (Å²) in [6, 6.07) is 1.75. The average molecular weight is 252 g/mol. The van der Waals surface area contributed by atoms with Crippen molar-refractivity contribution in [2.45, 2.75) is 44.2 Å². The molecule has 0 amide bonds. The van der Waals surface area contributed by atoms with Gasteiger partial charge in [-0.3, -0.25) is 4.98 Å². The zero-order valence-electron chi connectivity index (χ0n) is 11.1. The number of rotatable bonds is 6. The molecule has 1 atom stereocenters. The number of ether oxygens (including phenoxy) is 1. The van der Waals surface area contributed by atoms with Gasteiger partial charge in [0.2, 0.25) is 0 Å². The highest BCUT2D eigenvalue weighted by molar-refractivity contribution is 5.18. The van der Waals surface area contributed by atoms with E-state index in [1.54, 1.807) is 19.4 Å². The van der Waals surface area contributed by atoms with Gasteiger partial charge < -0.3 is 10.1 Å². The third-order valence-electron chi connectivity index (χ3n) is 3.90. The number of halogens is 1. The summed E-state index contributed by atoms with van der Waals surface area (Å²) in [7, 11) is 1.76. The topological polar surface area (TPSA) is 34.1 Å². The number of pyridine rings is 1. The molecule has 1 saturated carbocycles. The van der Waals surface area contributed by atoms with E-state index in [1.165, 1.54) is 12.6 Å². The van der Waals surface area contributed by atoms with Crippen molar-refractivity contribution >= 4 is 0 Å². The summed E-state index contributed by atoms with van der Waals surface area (Å²) in [5.74, 6) is -0.242. The number of nitrogens with zero attached hydrogens (tertiary/aromatic N) is 1. The van der Waals surface area contributed by atoms with Crippen LogP contribution in [0.4, 0.5) is 4.39 Å². The van der Waals surface area contributed by atoms with Gasteiger partial charge in [-0.05, 0) is 38.3 Å². The van der Waals surface area contributed by atoms with E-state index < -0.39 is 0 Å². The minimum atomic E-state index is -0.242. The molecule has 0 aliphatic heterocycles. The fourth-order valence-electron chi connectivity index (χ4n) is 2.64. The molecular weight excluding hydrogens is 231 g/mol. The Morgan fingerprint density at radius 2 is 2.33 bits per heavy atom. The quantitative estimate of drug-likeness (QED) is 0.845. The van der Waals surface area contributed by atoms with E-state index in [1.807, 2.05) is 6.92 Å². The molecule has 1 N–H and O–H groups in total. The van der Waals surface area contributed by atoms with Gasteiger partial charge in [-0.2, -0.15) is 0 Å². The van der Waals surface area contributed by atoms with Gasteiger partial charge in [0.15, 0.2) is 0 Å². The first kappa shape index (κ1) is 13.4. The third kappa shape index (κ3) is 2.70. The largest absolute Gasteiger partial charge is 0.378 e. The first-order valence-corrected chi connectivity index (χ1v) is 6.59. The molecule has 0 radical (unpaired) electrons. The van der Waals surface area contributed by atoms with Crippen LogP contribution in [0.5, 0.6) is 0 Å². The molecule has 2 rings (SSSR count). The molecule has 4 heteroatoms. The summed E-state index contributed by atoms with van der Waals surface area (Å²) in [5.41, 5.74) is 0.623.